The second-order valence-corrected chi connectivity index (χ2v) is 18.9. The maximum absolute atomic E-state index is 2.75. The molecule has 0 radical (unpaired) electrons. The zero-order chi connectivity index (χ0) is 40.1. The van der Waals surface area contributed by atoms with E-state index in [1.807, 2.05) is 0 Å². The van der Waals surface area contributed by atoms with Gasteiger partial charge in [0.25, 0.3) is 0 Å². The quantitative estimate of drug-likeness (QED) is 0.0567. The summed E-state index contributed by atoms with van der Waals surface area (Å²) in [5, 5.41) is 0. The molecule has 0 aliphatic carbocycles. The summed E-state index contributed by atoms with van der Waals surface area (Å²) in [4.78, 5) is 5.49. The Morgan fingerprint density at radius 2 is 0.411 bits per heavy atom. The Labute approximate surface area is 356 Å². The van der Waals surface area contributed by atoms with Crippen molar-refractivity contribution in [2.45, 2.75) is 322 Å². The molecule has 56 heavy (non-hydrogen) atoms. The smallest absolute Gasteiger partial charge is 0.101 e. The van der Waals surface area contributed by atoms with Crippen molar-refractivity contribution in [2.24, 2.45) is 0 Å². The number of hydrogen-bond donors (Lipinski definition) is 0. The summed E-state index contributed by atoms with van der Waals surface area (Å²) < 4.78 is 0. The van der Waals surface area contributed by atoms with E-state index in [1.54, 1.807) is 0 Å². The standard InChI is InChI=1S/C54H108N2/c1-4-7-10-13-16-19-22-25-27-29-32-35-38-41-44-47-50-55-52-53-56(54(55)49-46-43-40-37-34-31-24-21-18-15-12-9-6-3)51-48-45-42-39-36-33-30-28-26-23-20-17-14-11-8-5-2/h52-54H,4-51H2,1-3H3. The third-order valence-corrected chi connectivity index (χ3v) is 13.3. The monoisotopic (exact) mass is 785 g/mol. The van der Waals surface area contributed by atoms with E-state index in [-0.39, 0.29) is 0 Å². The van der Waals surface area contributed by atoms with Crippen LogP contribution in [0.4, 0.5) is 0 Å². The average Bonchev–Trinajstić information content (AvgIpc) is 3.59. The lowest BCUT2D eigenvalue weighted by Crippen LogP contribution is -2.39. The van der Waals surface area contributed by atoms with Gasteiger partial charge in [0, 0.05) is 25.5 Å². The van der Waals surface area contributed by atoms with E-state index in [0.29, 0.717) is 6.17 Å². The molecule has 0 bridgehead atoms. The third kappa shape index (κ3) is 36.4. The molecule has 0 saturated heterocycles. The first-order chi connectivity index (χ1) is 27.8. The zero-order valence-electron chi connectivity index (χ0n) is 39.6. The van der Waals surface area contributed by atoms with E-state index in [4.69, 9.17) is 0 Å². The highest BCUT2D eigenvalue weighted by molar-refractivity contribution is 4.97. The fourth-order valence-corrected chi connectivity index (χ4v) is 9.37. The predicted octanol–water partition coefficient (Wildman–Crippen LogP) is 19.4. The lowest BCUT2D eigenvalue weighted by molar-refractivity contribution is 0.135. The summed E-state index contributed by atoms with van der Waals surface area (Å²) in [5.41, 5.74) is 0. The Morgan fingerprint density at radius 1 is 0.232 bits per heavy atom. The number of hydrogen-bond acceptors (Lipinski definition) is 2. The van der Waals surface area contributed by atoms with Gasteiger partial charge in [0.1, 0.15) is 6.17 Å². The summed E-state index contributed by atoms with van der Waals surface area (Å²) in [6.45, 7) is 9.50. The van der Waals surface area contributed by atoms with Gasteiger partial charge in [-0.1, -0.05) is 290 Å². The second-order valence-electron chi connectivity index (χ2n) is 18.9. The van der Waals surface area contributed by atoms with Crippen LogP contribution >= 0.6 is 0 Å². The van der Waals surface area contributed by atoms with Gasteiger partial charge in [-0.25, -0.2) is 0 Å². The molecule has 0 N–H and O–H groups in total. The molecule has 0 aromatic carbocycles. The van der Waals surface area contributed by atoms with Crippen molar-refractivity contribution in [1.82, 2.24) is 9.80 Å². The van der Waals surface area contributed by atoms with Crippen molar-refractivity contribution in [3.8, 4) is 0 Å². The first-order valence-electron chi connectivity index (χ1n) is 27.0. The van der Waals surface area contributed by atoms with Gasteiger partial charge in [-0.2, -0.15) is 0 Å². The van der Waals surface area contributed by atoms with Crippen LogP contribution in [0.3, 0.4) is 0 Å². The number of nitrogens with zero attached hydrogens (tertiary/aromatic N) is 2. The molecule has 0 spiro atoms. The van der Waals surface area contributed by atoms with Gasteiger partial charge in [-0.15, -0.1) is 0 Å². The molecular weight excluding hydrogens is 677 g/mol. The molecule has 334 valence electrons. The topological polar surface area (TPSA) is 6.48 Å². The molecule has 0 aromatic rings. The van der Waals surface area contributed by atoms with Gasteiger partial charge >= 0.3 is 0 Å². The fraction of sp³-hybridized carbons (Fsp3) is 0.963. The predicted molar refractivity (Wildman–Crippen MR) is 256 cm³/mol. The molecule has 1 rings (SSSR count). The van der Waals surface area contributed by atoms with E-state index in [9.17, 15) is 0 Å². The molecule has 0 fully saturated rings. The SMILES string of the molecule is CCCCCCCCCCCCCCCCCCN1C=CN(CCCCCCCCCCCCCCCCCC)C1CCCCCCCCCCCCCCC. The molecule has 2 nitrogen and oxygen atoms in total. The molecule has 0 amide bonds. The Balaban J connectivity index is 2.18. The summed E-state index contributed by atoms with van der Waals surface area (Å²) in [7, 11) is 0. The summed E-state index contributed by atoms with van der Waals surface area (Å²) in [6.07, 6.45) is 72.3. The maximum atomic E-state index is 2.75. The Morgan fingerprint density at radius 3 is 0.625 bits per heavy atom. The van der Waals surface area contributed by atoms with Crippen LogP contribution in [0.5, 0.6) is 0 Å². The average molecular weight is 785 g/mol. The highest BCUT2D eigenvalue weighted by atomic mass is 15.4. The third-order valence-electron chi connectivity index (χ3n) is 13.3. The van der Waals surface area contributed by atoms with Crippen molar-refractivity contribution in [3.63, 3.8) is 0 Å². The minimum Gasteiger partial charge on any atom is -0.356 e. The highest BCUT2D eigenvalue weighted by Gasteiger charge is 2.25. The van der Waals surface area contributed by atoms with Crippen LogP contribution in [0, 0.1) is 0 Å². The van der Waals surface area contributed by atoms with Crippen molar-refractivity contribution in [3.05, 3.63) is 12.4 Å². The van der Waals surface area contributed by atoms with Crippen molar-refractivity contribution in [2.75, 3.05) is 13.1 Å². The number of unbranched alkanes of at least 4 members (excludes halogenated alkanes) is 42. The van der Waals surface area contributed by atoms with Gasteiger partial charge in [0.2, 0.25) is 0 Å². The van der Waals surface area contributed by atoms with Gasteiger partial charge in [-0.05, 0) is 25.7 Å². The Hall–Kier alpha value is -0.660. The van der Waals surface area contributed by atoms with Gasteiger partial charge in [0.05, 0.1) is 0 Å². The second kappa shape index (κ2) is 45.4. The van der Waals surface area contributed by atoms with Crippen LogP contribution in [-0.4, -0.2) is 29.1 Å². The summed E-state index contributed by atoms with van der Waals surface area (Å²) in [6, 6.07) is 0. The first-order valence-corrected chi connectivity index (χ1v) is 27.0. The number of rotatable bonds is 48. The van der Waals surface area contributed by atoms with E-state index in [1.165, 1.54) is 308 Å². The van der Waals surface area contributed by atoms with E-state index in [2.05, 4.69) is 43.0 Å². The first kappa shape index (κ1) is 53.4. The minimum atomic E-state index is 0.635. The molecular formula is C54H108N2. The van der Waals surface area contributed by atoms with Gasteiger partial charge < -0.3 is 9.80 Å². The van der Waals surface area contributed by atoms with E-state index >= 15 is 0 Å². The molecule has 1 aliphatic heterocycles. The van der Waals surface area contributed by atoms with Crippen LogP contribution < -0.4 is 0 Å². The summed E-state index contributed by atoms with van der Waals surface area (Å²) in [5.74, 6) is 0. The van der Waals surface area contributed by atoms with E-state index in [0.717, 1.165) is 0 Å². The molecule has 1 aliphatic rings. The normalized spacial score (nSPS) is 13.3. The van der Waals surface area contributed by atoms with Gasteiger partial charge in [0.15, 0.2) is 0 Å². The van der Waals surface area contributed by atoms with Crippen molar-refractivity contribution >= 4 is 0 Å². The van der Waals surface area contributed by atoms with Crippen molar-refractivity contribution < 1.29 is 0 Å². The Kier molecular flexibility index (Phi) is 43.3. The summed E-state index contributed by atoms with van der Waals surface area (Å²) >= 11 is 0. The molecule has 1 heterocycles. The van der Waals surface area contributed by atoms with Crippen LogP contribution in [-0.2, 0) is 0 Å². The lowest BCUT2D eigenvalue weighted by atomic mass is 10.0. The molecule has 0 unspecified atom stereocenters. The van der Waals surface area contributed by atoms with Crippen LogP contribution in [0.25, 0.3) is 0 Å². The molecule has 2 heteroatoms. The lowest BCUT2D eigenvalue weighted by Gasteiger charge is -2.33. The largest absolute Gasteiger partial charge is 0.356 e. The highest BCUT2D eigenvalue weighted by Crippen LogP contribution is 2.24. The van der Waals surface area contributed by atoms with E-state index < -0.39 is 0 Å². The zero-order valence-corrected chi connectivity index (χ0v) is 39.6. The fourth-order valence-electron chi connectivity index (χ4n) is 9.37. The molecule has 0 saturated carbocycles. The van der Waals surface area contributed by atoms with Crippen LogP contribution in [0.15, 0.2) is 12.4 Å². The van der Waals surface area contributed by atoms with Crippen LogP contribution in [0.1, 0.15) is 316 Å². The van der Waals surface area contributed by atoms with Gasteiger partial charge in [-0.3, -0.25) is 0 Å². The van der Waals surface area contributed by atoms with Crippen molar-refractivity contribution in [1.29, 1.82) is 0 Å². The maximum Gasteiger partial charge on any atom is 0.101 e. The Bertz CT molecular complexity index is 701. The minimum absolute atomic E-state index is 0.635. The molecule has 0 aromatic heterocycles. The molecule has 0 atom stereocenters. The van der Waals surface area contributed by atoms with Crippen LogP contribution in [0.2, 0.25) is 0 Å².